The van der Waals surface area contributed by atoms with E-state index in [-0.39, 0.29) is 17.7 Å². The SMILES string of the molecule is COc1ccc(N2CC(c3nnc(NC(=O)c4ccc(Cl)cc4)s3)CC2=O)cc1. The van der Waals surface area contributed by atoms with Crippen LogP contribution in [0.5, 0.6) is 5.75 Å². The Morgan fingerprint density at radius 1 is 1.17 bits per heavy atom. The molecule has 148 valence electrons. The van der Waals surface area contributed by atoms with Gasteiger partial charge in [-0.2, -0.15) is 0 Å². The van der Waals surface area contributed by atoms with E-state index in [4.69, 9.17) is 16.3 Å². The Kier molecular flexibility index (Phi) is 5.46. The number of aromatic nitrogens is 2. The molecule has 1 fully saturated rings. The molecule has 1 saturated heterocycles. The molecular weight excluding hydrogens is 412 g/mol. The highest BCUT2D eigenvalue weighted by atomic mass is 35.5. The van der Waals surface area contributed by atoms with Crippen LogP contribution in [0.1, 0.15) is 27.7 Å². The summed E-state index contributed by atoms with van der Waals surface area (Å²) in [4.78, 5) is 26.5. The molecule has 0 aliphatic carbocycles. The van der Waals surface area contributed by atoms with Crippen LogP contribution in [0.3, 0.4) is 0 Å². The highest BCUT2D eigenvalue weighted by Gasteiger charge is 2.34. The van der Waals surface area contributed by atoms with Crippen molar-refractivity contribution in [3.05, 3.63) is 64.1 Å². The number of carbonyl (C=O) groups excluding carboxylic acids is 2. The molecule has 1 aliphatic rings. The van der Waals surface area contributed by atoms with Crippen molar-refractivity contribution in [3.8, 4) is 5.75 Å². The first-order valence-corrected chi connectivity index (χ1v) is 10.1. The van der Waals surface area contributed by atoms with Crippen LogP contribution in [0.4, 0.5) is 10.8 Å². The number of halogens is 1. The molecule has 0 spiro atoms. The van der Waals surface area contributed by atoms with E-state index in [1.165, 1.54) is 11.3 Å². The lowest BCUT2D eigenvalue weighted by Gasteiger charge is -2.16. The van der Waals surface area contributed by atoms with Crippen molar-refractivity contribution in [2.75, 3.05) is 23.9 Å². The van der Waals surface area contributed by atoms with E-state index >= 15 is 0 Å². The maximum Gasteiger partial charge on any atom is 0.257 e. The number of rotatable bonds is 5. The monoisotopic (exact) mass is 428 g/mol. The molecule has 2 heterocycles. The van der Waals surface area contributed by atoms with Crippen LogP contribution in [-0.4, -0.2) is 35.7 Å². The maximum atomic E-state index is 12.5. The van der Waals surface area contributed by atoms with Crippen molar-refractivity contribution in [1.82, 2.24) is 10.2 Å². The minimum atomic E-state index is -0.285. The summed E-state index contributed by atoms with van der Waals surface area (Å²) in [6.07, 6.45) is 0.353. The first kappa shape index (κ1) is 19.4. The lowest BCUT2D eigenvalue weighted by Crippen LogP contribution is -2.24. The Bertz CT molecular complexity index is 1040. The third-order valence-electron chi connectivity index (χ3n) is 4.63. The fraction of sp³-hybridized carbons (Fsp3) is 0.200. The predicted molar refractivity (Wildman–Crippen MR) is 112 cm³/mol. The van der Waals surface area contributed by atoms with Crippen molar-refractivity contribution in [3.63, 3.8) is 0 Å². The first-order chi connectivity index (χ1) is 14.0. The molecule has 1 N–H and O–H groups in total. The van der Waals surface area contributed by atoms with Crippen LogP contribution in [0.25, 0.3) is 0 Å². The van der Waals surface area contributed by atoms with E-state index in [2.05, 4.69) is 15.5 Å². The number of ether oxygens (including phenoxy) is 1. The summed E-state index contributed by atoms with van der Waals surface area (Å²) in [6.45, 7) is 0.519. The first-order valence-electron chi connectivity index (χ1n) is 8.88. The maximum absolute atomic E-state index is 12.5. The van der Waals surface area contributed by atoms with Gasteiger partial charge in [0.2, 0.25) is 11.0 Å². The zero-order valence-corrected chi connectivity index (χ0v) is 17.0. The predicted octanol–water partition coefficient (Wildman–Crippen LogP) is 3.97. The Morgan fingerprint density at radius 2 is 1.90 bits per heavy atom. The molecule has 1 unspecified atom stereocenters. The van der Waals surface area contributed by atoms with Crippen molar-refractivity contribution in [1.29, 1.82) is 0 Å². The van der Waals surface area contributed by atoms with E-state index in [1.54, 1.807) is 36.3 Å². The zero-order valence-electron chi connectivity index (χ0n) is 15.5. The van der Waals surface area contributed by atoms with E-state index in [0.717, 1.165) is 16.4 Å². The number of methoxy groups -OCH3 is 1. The number of hydrogen-bond acceptors (Lipinski definition) is 6. The fourth-order valence-corrected chi connectivity index (χ4v) is 4.06. The molecule has 2 amide bonds. The van der Waals surface area contributed by atoms with Gasteiger partial charge in [0.25, 0.3) is 5.91 Å². The Labute approximate surface area is 176 Å². The number of carbonyl (C=O) groups is 2. The minimum Gasteiger partial charge on any atom is -0.497 e. The van der Waals surface area contributed by atoms with Crippen LogP contribution in [0.15, 0.2) is 48.5 Å². The zero-order chi connectivity index (χ0) is 20.4. The van der Waals surface area contributed by atoms with Crippen LogP contribution in [-0.2, 0) is 4.79 Å². The largest absolute Gasteiger partial charge is 0.497 e. The minimum absolute atomic E-state index is 0.0297. The second-order valence-electron chi connectivity index (χ2n) is 6.51. The van der Waals surface area contributed by atoms with E-state index in [1.807, 2.05) is 24.3 Å². The summed E-state index contributed by atoms with van der Waals surface area (Å²) < 4.78 is 5.16. The van der Waals surface area contributed by atoms with Gasteiger partial charge in [0.05, 0.1) is 7.11 Å². The molecule has 0 bridgehead atoms. The van der Waals surface area contributed by atoms with Gasteiger partial charge in [0.15, 0.2) is 0 Å². The van der Waals surface area contributed by atoms with Gasteiger partial charge in [0, 0.05) is 35.2 Å². The van der Waals surface area contributed by atoms with Crippen LogP contribution in [0, 0.1) is 0 Å². The summed E-state index contributed by atoms with van der Waals surface area (Å²) in [5.74, 6) is 0.416. The van der Waals surface area contributed by atoms with Gasteiger partial charge in [0.1, 0.15) is 10.8 Å². The summed E-state index contributed by atoms with van der Waals surface area (Å²) >= 11 is 7.13. The number of nitrogens with zero attached hydrogens (tertiary/aromatic N) is 3. The van der Waals surface area contributed by atoms with Crippen molar-refractivity contribution in [2.24, 2.45) is 0 Å². The normalized spacial score (nSPS) is 16.1. The number of anilines is 2. The van der Waals surface area contributed by atoms with E-state index in [9.17, 15) is 9.59 Å². The van der Waals surface area contributed by atoms with Crippen molar-refractivity contribution in [2.45, 2.75) is 12.3 Å². The van der Waals surface area contributed by atoms with Crippen molar-refractivity contribution < 1.29 is 14.3 Å². The van der Waals surface area contributed by atoms with Gasteiger partial charge < -0.3 is 9.64 Å². The summed E-state index contributed by atoms with van der Waals surface area (Å²) in [5.41, 5.74) is 1.30. The molecule has 29 heavy (non-hydrogen) atoms. The molecule has 3 aromatic rings. The molecule has 1 aliphatic heterocycles. The van der Waals surface area contributed by atoms with Crippen LogP contribution >= 0.6 is 22.9 Å². The molecule has 0 radical (unpaired) electrons. The van der Waals surface area contributed by atoms with Gasteiger partial charge in [-0.15, -0.1) is 10.2 Å². The second kappa shape index (κ2) is 8.18. The standard InChI is InChI=1S/C20H17ClN4O3S/c1-28-16-8-6-15(7-9-16)25-11-13(10-17(25)26)19-23-24-20(29-19)22-18(27)12-2-4-14(21)5-3-12/h2-9,13H,10-11H2,1H3,(H,22,24,27). The van der Waals surface area contributed by atoms with E-state index in [0.29, 0.717) is 28.7 Å². The van der Waals surface area contributed by atoms with Crippen LogP contribution < -0.4 is 15.0 Å². The third-order valence-corrected chi connectivity index (χ3v) is 5.88. The molecule has 1 aromatic heterocycles. The van der Waals surface area contributed by atoms with Gasteiger partial charge >= 0.3 is 0 Å². The average molecular weight is 429 g/mol. The summed E-state index contributed by atoms with van der Waals surface area (Å²) in [6, 6.07) is 14.0. The highest BCUT2D eigenvalue weighted by molar-refractivity contribution is 7.15. The number of hydrogen-bond donors (Lipinski definition) is 1. The Hall–Kier alpha value is -2.97. The fourth-order valence-electron chi connectivity index (χ4n) is 3.11. The third kappa shape index (κ3) is 4.23. The Morgan fingerprint density at radius 3 is 2.59 bits per heavy atom. The molecule has 7 nitrogen and oxygen atoms in total. The summed E-state index contributed by atoms with van der Waals surface area (Å²) in [7, 11) is 1.60. The smallest absolute Gasteiger partial charge is 0.257 e. The lowest BCUT2D eigenvalue weighted by atomic mass is 10.1. The van der Waals surface area contributed by atoms with Gasteiger partial charge in [-0.3, -0.25) is 14.9 Å². The molecule has 0 saturated carbocycles. The molecular formula is C20H17ClN4O3S. The van der Waals surface area contributed by atoms with Crippen molar-refractivity contribution >= 4 is 45.6 Å². The second-order valence-corrected chi connectivity index (χ2v) is 7.96. The Balaban J connectivity index is 1.43. The molecule has 9 heteroatoms. The summed E-state index contributed by atoms with van der Waals surface area (Å²) in [5, 5.41) is 12.7. The number of amides is 2. The lowest BCUT2D eigenvalue weighted by molar-refractivity contribution is -0.117. The average Bonchev–Trinajstić information content (AvgIpc) is 3.35. The molecule has 1 atom stereocenters. The number of benzene rings is 2. The molecule has 4 rings (SSSR count). The highest BCUT2D eigenvalue weighted by Crippen LogP contribution is 2.34. The van der Waals surface area contributed by atoms with Gasteiger partial charge in [-0.05, 0) is 48.5 Å². The number of nitrogens with one attached hydrogen (secondary N) is 1. The van der Waals surface area contributed by atoms with Gasteiger partial charge in [-0.1, -0.05) is 22.9 Å². The quantitative estimate of drug-likeness (QED) is 0.664. The molecule has 2 aromatic carbocycles. The van der Waals surface area contributed by atoms with E-state index < -0.39 is 0 Å². The van der Waals surface area contributed by atoms with Crippen LogP contribution in [0.2, 0.25) is 5.02 Å². The topological polar surface area (TPSA) is 84.4 Å². The van der Waals surface area contributed by atoms with Gasteiger partial charge in [-0.25, -0.2) is 0 Å².